The highest BCUT2D eigenvalue weighted by Crippen LogP contribution is 2.27. The quantitative estimate of drug-likeness (QED) is 0.151. The summed E-state index contributed by atoms with van der Waals surface area (Å²) < 4.78 is 6.39. The van der Waals surface area contributed by atoms with Gasteiger partial charge >= 0.3 is 0 Å². The highest BCUT2D eigenvalue weighted by molar-refractivity contribution is 5.91. The summed E-state index contributed by atoms with van der Waals surface area (Å²) in [6.45, 7) is 55.9. The first-order chi connectivity index (χ1) is 41.7. The fourth-order valence-corrected chi connectivity index (χ4v) is 10.3. The molecular weight excluding hydrogens is 1060 g/mol. The molecule has 4 aromatic carbocycles. The van der Waals surface area contributed by atoms with Gasteiger partial charge in [0.25, 0.3) is 0 Å². The fraction of sp³-hybridized carbons (Fsp3) is 0.380. The van der Waals surface area contributed by atoms with E-state index in [1.54, 1.807) is 0 Å². The van der Waals surface area contributed by atoms with Crippen LogP contribution in [0.3, 0.4) is 0 Å². The summed E-state index contributed by atoms with van der Waals surface area (Å²) in [5.41, 5.74) is 21.6. The number of rotatable bonds is 0. The zero-order chi connectivity index (χ0) is 66.4. The number of hydrogen-bond donors (Lipinski definition) is 0. The summed E-state index contributed by atoms with van der Waals surface area (Å²) >= 11 is 0. The molecule has 12 aromatic rings. The average molecular weight is 1170 g/mol. The maximum absolute atomic E-state index is 4.40. The van der Waals surface area contributed by atoms with Crippen LogP contribution in [0.1, 0.15) is 167 Å². The molecule has 0 aliphatic rings. The van der Waals surface area contributed by atoms with Crippen molar-refractivity contribution in [3.05, 3.63) is 219 Å². The van der Waals surface area contributed by atoms with Crippen molar-refractivity contribution in [2.45, 2.75) is 187 Å². The Balaban J connectivity index is 0.000000504. The molecule has 0 fully saturated rings. The standard InChI is InChI=1S/C13H14.2C12H13N.3C10H12N2.6C2H6/c1-9-7-8-12-6-4-5-10(2)13(12)11(9)3;1-8-5-4-6-11-7-13-10(3)9(2)12(8)11;1-8-5-4-6-11-12(8)10(3)9(2)7-13-11;1-7-4-11-5-9-6-12(3)8(2)10(7)9;1-7-10-8(2)12(3)6-9(10)4-5-11-7;1-7-4-5-11-9-6-12(3)8(2)10(7)9;6*1-2/h4-8H,1-3H3;2*4-7H,1-3H3;3*4-6H,1-3H3;6*1-2H3. The zero-order valence-corrected chi connectivity index (χ0v) is 59.8. The number of aryl methyl sites for hydroxylation is 18. The van der Waals surface area contributed by atoms with Crippen LogP contribution in [0.15, 0.2) is 135 Å². The first-order valence-electron chi connectivity index (χ1n) is 31.9. The second-order valence-corrected chi connectivity index (χ2v) is 20.4. The number of hydrogen-bond acceptors (Lipinski definition) is 5. The molecule has 8 heterocycles. The third-order valence-electron chi connectivity index (χ3n) is 15.2. The minimum absolute atomic E-state index is 1.09. The summed E-state index contributed by atoms with van der Waals surface area (Å²) in [6, 6.07) is 27.6. The van der Waals surface area contributed by atoms with Gasteiger partial charge in [0.15, 0.2) is 0 Å². The van der Waals surface area contributed by atoms with Crippen LogP contribution in [-0.2, 0) is 21.1 Å². The summed E-state index contributed by atoms with van der Waals surface area (Å²) in [4.78, 5) is 21.5. The van der Waals surface area contributed by atoms with Crippen molar-refractivity contribution in [3.8, 4) is 0 Å². The molecule has 8 nitrogen and oxygen atoms in total. The normalized spacial score (nSPS) is 9.72. The van der Waals surface area contributed by atoms with E-state index in [1.807, 2.05) is 120 Å². The molecule has 468 valence electrons. The third-order valence-corrected chi connectivity index (χ3v) is 15.2. The fourth-order valence-electron chi connectivity index (χ4n) is 10.3. The summed E-state index contributed by atoms with van der Waals surface area (Å²) in [5.74, 6) is 0. The van der Waals surface area contributed by atoms with Crippen LogP contribution < -0.4 is 0 Å². The Bertz CT molecular complexity index is 3580. The molecule has 0 unspecified atom stereocenters. The first-order valence-corrected chi connectivity index (χ1v) is 31.9. The Labute approximate surface area is 527 Å². The topological polar surface area (TPSA) is 79.2 Å². The van der Waals surface area contributed by atoms with Gasteiger partial charge in [-0.25, -0.2) is 0 Å². The van der Waals surface area contributed by atoms with Gasteiger partial charge in [-0.05, 0) is 194 Å². The Morgan fingerprint density at radius 1 is 0.264 bits per heavy atom. The molecule has 12 rings (SSSR count). The van der Waals surface area contributed by atoms with Gasteiger partial charge in [-0.1, -0.05) is 144 Å². The van der Waals surface area contributed by atoms with Crippen molar-refractivity contribution in [1.29, 1.82) is 0 Å². The van der Waals surface area contributed by atoms with E-state index in [2.05, 4.69) is 261 Å². The molecule has 0 bridgehead atoms. The number of aromatic nitrogens is 8. The van der Waals surface area contributed by atoms with Crippen LogP contribution in [0.25, 0.3) is 64.9 Å². The molecule has 0 saturated carbocycles. The Kier molecular flexibility index (Phi) is 34.5. The predicted molar refractivity (Wildman–Crippen MR) is 389 cm³/mol. The third kappa shape index (κ3) is 19.8. The summed E-state index contributed by atoms with van der Waals surface area (Å²) in [7, 11) is 6.18. The van der Waals surface area contributed by atoms with Crippen molar-refractivity contribution in [1.82, 2.24) is 38.6 Å². The first kappa shape index (κ1) is 77.0. The van der Waals surface area contributed by atoms with Crippen LogP contribution in [0, 0.1) is 104 Å². The lowest BCUT2D eigenvalue weighted by atomic mass is 9.97. The van der Waals surface area contributed by atoms with Crippen molar-refractivity contribution < 1.29 is 0 Å². The molecule has 0 spiro atoms. The molecule has 0 saturated heterocycles. The minimum atomic E-state index is 1.09. The highest BCUT2D eigenvalue weighted by atomic mass is 14.9. The second-order valence-electron chi connectivity index (χ2n) is 20.4. The van der Waals surface area contributed by atoms with Gasteiger partial charge < -0.3 is 13.7 Å². The van der Waals surface area contributed by atoms with Crippen LogP contribution in [0.5, 0.6) is 0 Å². The van der Waals surface area contributed by atoms with Gasteiger partial charge in [0, 0.05) is 143 Å². The predicted octanol–water partition coefficient (Wildman–Crippen LogP) is 22.8. The van der Waals surface area contributed by atoms with Gasteiger partial charge in [0.1, 0.15) is 0 Å². The lowest BCUT2D eigenvalue weighted by molar-refractivity contribution is 0.888. The maximum Gasteiger partial charge on any atom is 0.0883 e. The lowest BCUT2D eigenvalue weighted by Crippen LogP contribution is -1.90. The molecular formula is C79H112N8. The van der Waals surface area contributed by atoms with Crippen LogP contribution in [-0.4, -0.2) is 38.6 Å². The van der Waals surface area contributed by atoms with E-state index in [9.17, 15) is 0 Å². The molecule has 0 aliphatic carbocycles. The highest BCUT2D eigenvalue weighted by Gasteiger charge is 2.09. The number of nitrogens with zero attached hydrogens (tertiary/aromatic N) is 8. The van der Waals surface area contributed by atoms with Crippen LogP contribution in [0.2, 0.25) is 0 Å². The van der Waals surface area contributed by atoms with E-state index in [-0.39, 0.29) is 0 Å². The Morgan fingerprint density at radius 2 is 0.736 bits per heavy atom. The summed E-state index contributed by atoms with van der Waals surface area (Å²) in [5, 5.41) is 13.1. The van der Waals surface area contributed by atoms with E-state index in [0.717, 1.165) is 22.4 Å². The number of pyridine rings is 5. The molecule has 8 aromatic heterocycles. The average Bonchev–Trinajstić information content (AvgIpc) is 3.31. The van der Waals surface area contributed by atoms with Gasteiger partial charge in [0.05, 0.1) is 11.0 Å². The van der Waals surface area contributed by atoms with Crippen LogP contribution >= 0.6 is 0 Å². The molecule has 87 heavy (non-hydrogen) atoms. The number of fused-ring (bicyclic) bond motifs is 6. The molecule has 0 N–H and O–H groups in total. The van der Waals surface area contributed by atoms with Crippen molar-refractivity contribution in [2.24, 2.45) is 21.1 Å². The Hall–Kier alpha value is -7.97. The van der Waals surface area contributed by atoms with Crippen molar-refractivity contribution in [3.63, 3.8) is 0 Å². The second kappa shape index (κ2) is 38.9. The van der Waals surface area contributed by atoms with Gasteiger partial charge in [0.2, 0.25) is 0 Å². The Morgan fingerprint density at radius 3 is 1.30 bits per heavy atom. The van der Waals surface area contributed by atoms with E-state index in [4.69, 9.17) is 0 Å². The molecule has 0 amide bonds. The van der Waals surface area contributed by atoms with Crippen LogP contribution in [0.4, 0.5) is 0 Å². The molecule has 8 heteroatoms. The molecule has 0 atom stereocenters. The lowest BCUT2D eigenvalue weighted by Gasteiger charge is -2.07. The van der Waals surface area contributed by atoms with Gasteiger partial charge in [-0.3, -0.25) is 24.9 Å². The zero-order valence-electron chi connectivity index (χ0n) is 59.8. The number of benzene rings is 4. The minimum Gasteiger partial charge on any atom is -0.353 e. The summed E-state index contributed by atoms with van der Waals surface area (Å²) in [6.07, 6.45) is 17.8. The van der Waals surface area contributed by atoms with E-state index in [1.165, 1.54) is 127 Å². The molecule has 0 radical (unpaired) electrons. The molecule has 0 aliphatic heterocycles. The monoisotopic (exact) mass is 1170 g/mol. The van der Waals surface area contributed by atoms with Gasteiger partial charge in [-0.2, -0.15) is 0 Å². The smallest absolute Gasteiger partial charge is 0.0883 e. The largest absolute Gasteiger partial charge is 0.353 e. The van der Waals surface area contributed by atoms with E-state index in [0.29, 0.717) is 0 Å². The maximum atomic E-state index is 4.40. The van der Waals surface area contributed by atoms with Crippen molar-refractivity contribution >= 4 is 64.9 Å². The van der Waals surface area contributed by atoms with Gasteiger partial charge in [-0.15, -0.1) is 0 Å². The van der Waals surface area contributed by atoms with E-state index >= 15 is 0 Å². The SMILES string of the molecule is CC.CC.CC.CC.CC.CC.Cc1ccc2cccc(C)c2c1C.Cc1ccnc2cn(C)c(C)c12.Cc1cnc2cccc(C)c2c1C.Cc1cncc2cn(C)c(C)c12.Cc1ncc2cccc(C)c2c1C.Cc1nccc2cn(C)c(C)c12. The van der Waals surface area contributed by atoms with Crippen molar-refractivity contribution in [2.75, 3.05) is 0 Å². The van der Waals surface area contributed by atoms with E-state index < -0.39 is 0 Å².